The van der Waals surface area contributed by atoms with E-state index in [0.717, 1.165) is 24.9 Å². The predicted molar refractivity (Wildman–Crippen MR) is 83.7 cm³/mol. The number of benzene rings is 1. The smallest absolute Gasteiger partial charge is 0.430 e. The maximum Gasteiger partial charge on any atom is 0.430 e. The van der Waals surface area contributed by atoms with Gasteiger partial charge in [-0.25, -0.2) is 4.79 Å². The van der Waals surface area contributed by atoms with Gasteiger partial charge in [-0.2, -0.15) is 13.2 Å². The topological polar surface area (TPSA) is 146 Å². The molecule has 11 heteroatoms. The van der Waals surface area contributed by atoms with E-state index in [2.05, 4.69) is 16.4 Å². The molecule has 150 valence electrons. The summed E-state index contributed by atoms with van der Waals surface area (Å²) in [5.41, 5.74) is 4.27. The van der Waals surface area contributed by atoms with Gasteiger partial charge in [0.2, 0.25) is 5.91 Å². The van der Waals surface area contributed by atoms with Crippen LogP contribution in [0.3, 0.4) is 0 Å². The minimum Gasteiger partial charge on any atom is -0.542 e. The molecule has 0 radical (unpaired) electrons. The van der Waals surface area contributed by atoms with Gasteiger partial charge in [0.05, 0.1) is 6.04 Å². The maximum absolute atomic E-state index is 12.0. The molecule has 8 nitrogen and oxygen atoms in total. The molecule has 1 saturated heterocycles. The van der Waals surface area contributed by atoms with Crippen LogP contribution in [-0.2, 0) is 20.8 Å². The summed E-state index contributed by atoms with van der Waals surface area (Å²) in [6.07, 6.45) is -3.05. The van der Waals surface area contributed by atoms with Crippen molar-refractivity contribution in [3.05, 3.63) is 29.8 Å². The van der Waals surface area contributed by atoms with E-state index in [-0.39, 0.29) is 23.6 Å². The van der Waals surface area contributed by atoms with E-state index in [4.69, 9.17) is 9.90 Å². The molecule has 0 unspecified atom stereocenters. The first kappa shape index (κ1) is 22.4. The fraction of sp³-hybridized carbons (Fsp3) is 0.438. The summed E-state index contributed by atoms with van der Waals surface area (Å²) >= 11 is 0. The molecule has 1 aliphatic rings. The summed E-state index contributed by atoms with van der Waals surface area (Å²) in [6, 6.07) is 5.73. The van der Waals surface area contributed by atoms with Crippen molar-refractivity contribution in [2.75, 3.05) is 6.54 Å². The van der Waals surface area contributed by atoms with Crippen LogP contribution in [0.25, 0.3) is 0 Å². The molecule has 2 atom stereocenters. The number of quaternary nitrogens is 1. The second kappa shape index (κ2) is 9.88. The van der Waals surface area contributed by atoms with Crippen LogP contribution < -0.4 is 21.5 Å². The molecule has 0 aliphatic carbocycles. The number of nitrogens with one attached hydrogen (secondary N) is 2. The Labute approximate surface area is 152 Å². The van der Waals surface area contributed by atoms with E-state index in [0.29, 0.717) is 6.42 Å². The van der Waals surface area contributed by atoms with Crippen LogP contribution in [0, 0.1) is 0 Å². The highest BCUT2D eigenvalue weighted by Crippen LogP contribution is 2.12. The van der Waals surface area contributed by atoms with Gasteiger partial charge >= 0.3 is 12.1 Å². The van der Waals surface area contributed by atoms with E-state index >= 15 is 0 Å². The number of carboxylic acids is 1. The van der Waals surface area contributed by atoms with Crippen molar-refractivity contribution in [3.63, 3.8) is 0 Å². The first-order valence-corrected chi connectivity index (χ1v) is 7.96. The van der Waals surface area contributed by atoms with Crippen molar-refractivity contribution < 1.29 is 43.5 Å². The molecule has 0 saturated carbocycles. The molecule has 0 aromatic heterocycles. The lowest BCUT2D eigenvalue weighted by atomic mass is 10.0. The monoisotopic (exact) mass is 391 g/mol. The van der Waals surface area contributed by atoms with Crippen LogP contribution in [0.5, 0.6) is 5.75 Å². The fourth-order valence-corrected chi connectivity index (χ4v) is 2.29. The lowest BCUT2D eigenvalue weighted by Crippen LogP contribution is -2.67. The van der Waals surface area contributed by atoms with Crippen molar-refractivity contribution in [2.24, 2.45) is 0 Å². The Morgan fingerprint density at radius 1 is 1.30 bits per heavy atom. The summed E-state index contributed by atoms with van der Waals surface area (Å²) in [5.74, 6) is -3.30. The minimum absolute atomic E-state index is 0.150. The Hall–Kier alpha value is -2.66. The number of hydrogen-bond donors (Lipinski definition) is 4. The van der Waals surface area contributed by atoms with E-state index in [1.54, 1.807) is 24.3 Å². The highest BCUT2D eigenvalue weighted by molar-refractivity contribution is 5.86. The zero-order chi connectivity index (χ0) is 20.6. The van der Waals surface area contributed by atoms with Gasteiger partial charge < -0.3 is 25.6 Å². The molecule has 1 heterocycles. The fourth-order valence-electron chi connectivity index (χ4n) is 2.29. The van der Waals surface area contributed by atoms with E-state index in [1.807, 2.05) is 0 Å². The molecule has 1 aliphatic heterocycles. The number of carboxylic acid groups (broad SMARTS) is 1. The molecule has 1 fully saturated rings. The second-order valence-electron chi connectivity index (χ2n) is 5.83. The number of hydrogen-bond acceptors (Lipinski definition) is 6. The number of amides is 2. The van der Waals surface area contributed by atoms with Crippen molar-refractivity contribution in [1.29, 1.82) is 0 Å². The average molecular weight is 391 g/mol. The van der Waals surface area contributed by atoms with Gasteiger partial charge in [0.25, 0.3) is 0 Å². The van der Waals surface area contributed by atoms with E-state index in [1.165, 1.54) is 0 Å². The van der Waals surface area contributed by atoms with Crippen LogP contribution in [0.1, 0.15) is 18.4 Å². The molecule has 2 amide bonds. The lowest BCUT2D eigenvalue weighted by Gasteiger charge is -2.16. The van der Waals surface area contributed by atoms with Gasteiger partial charge in [0, 0.05) is 6.42 Å². The molecule has 1 aromatic carbocycles. The van der Waals surface area contributed by atoms with Gasteiger partial charge in [0.15, 0.2) is 0 Å². The summed E-state index contributed by atoms with van der Waals surface area (Å²) in [4.78, 5) is 32.4. The van der Waals surface area contributed by atoms with Gasteiger partial charge in [0.1, 0.15) is 17.8 Å². The lowest BCUT2D eigenvalue weighted by molar-refractivity contribution is -0.344. The van der Waals surface area contributed by atoms with Gasteiger partial charge in [-0.3, -0.25) is 10.5 Å². The third-order valence-corrected chi connectivity index (χ3v) is 3.69. The number of phenolic OH excluding ortho intramolecular Hbond substituents is 1. The maximum atomic E-state index is 12.0. The number of halogens is 3. The summed E-state index contributed by atoms with van der Waals surface area (Å²) in [6.45, 7) is 0.832. The van der Waals surface area contributed by atoms with Crippen LogP contribution >= 0.6 is 0 Å². The molecule has 27 heavy (non-hydrogen) atoms. The molecule has 0 spiro atoms. The Bertz CT molecular complexity index is 658. The molecule has 6 N–H and O–H groups in total. The third kappa shape index (κ3) is 8.05. The Morgan fingerprint density at radius 2 is 1.85 bits per heavy atom. The van der Waals surface area contributed by atoms with Gasteiger partial charge in [-0.1, -0.05) is 12.1 Å². The van der Waals surface area contributed by atoms with E-state index < -0.39 is 18.2 Å². The third-order valence-electron chi connectivity index (χ3n) is 3.69. The van der Waals surface area contributed by atoms with Crippen molar-refractivity contribution in [1.82, 2.24) is 10.6 Å². The standard InChI is InChI=1S/C14H19N3O3.C2HF3O2/c15-13(19)12(8-9-3-5-10(18)6-4-9)17-14(20)11-2-1-7-16-11;3-2(4,5)1(6)7/h3-6,11-12,16,18H,1-2,7-8H2,(H2,15,19)(H,17,20);(H,6,7)/t11-,12+;/m0./s1. The Kier molecular flexibility index (Phi) is 8.19. The summed E-state index contributed by atoms with van der Waals surface area (Å²) in [7, 11) is 0. The Morgan fingerprint density at radius 3 is 2.26 bits per heavy atom. The molecule has 2 rings (SSSR count). The van der Waals surface area contributed by atoms with Crippen LogP contribution in [0.2, 0.25) is 0 Å². The van der Waals surface area contributed by atoms with Crippen LogP contribution in [0.4, 0.5) is 13.2 Å². The van der Waals surface area contributed by atoms with Crippen molar-refractivity contribution in [3.8, 4) is 5.75 Å². The van der Waals surface area contributed by atoms with Crippen molar-refractivity contribution >= 4 is 17.8 Å². The summed E-state index contributed by atoms with van der Waals surface area (Å²) < 4.78 is 31.5. The molecular formula is C16H20F3N3O5. The number of carbonyl (C=O) groups excluding carboxylic acids is 3. The highest BCUT2D eigenvalue weighted by Gasteiger charge is 2.29. The predicted octanol–water partition coefficient (Wildman–Crippen LogP) is -1.76. The SMILES string of the molecule is O=C([O-])C(F)(F)F.[NH3+]C(=O)[C@@H](Cc1ccc(O)cc1)NC(=O)[C@@H]1CCCN1. The summed E-state index contributed by atoms with van der Waals surface area (Å²) in [5, 5.41) is 23.9. The number of aromatic hydroxyl groups is 1. The second-order valence-corrected chi connectivity index (χ2v) is 5.83. The van der Waals surface area contributed by atoms with Gasteiger partial charge in [-0.15, -0.1) is 0 Å². The Balaban J connectivity index is 0.000000445. The molecule has 0 bridgehead atoms. The van der Waals surface area contributed by atoms with Crippen LogP contribution in [-0.4, -0.2) is 47.7 Å². The largest absolute Gasteiger partial charge is 0.542 e. The first-order valence-electron chi connectivity index (χ1n) is 7.96. The van der Waals surface area contributed by atoms with Crippen molar-refractivity contribution in [2.45, 2.75) is 37.5 Å². The van der Waals surface area contributed by atoms with E-state index in [9.17, 15) is 27.9 Å². The molecule has 1 aromatic rings. The van der Waals surface area contributed by atoms with Gasteiger partial charge in [-0.05, 0) is 37.1 Å². The number of phenols is 1. The minimum atomic E-state index is -5.19. The first-order chi connectivity index (χ1) is 12.5. The normalized spacial score (nSPS) is 17.4. The molecular weight excluding hydrogens is 371 g/mol. The number of alkyl halides is 3. The quantitative estimate of drug-likeness (QED) is 0.468. The number of rotatable bonds is 5. The van der Waals surface area contributed by atoms with Crippen LogP contribution in [0.15, 0.2) is 24.3 Å². The zero-order valence-corrected chi connectivity index (χ0v) is 14.2. The zero-order valence-electron chi connectivity index (χ0n) is 14.2. The average Bonchev–Trinajstić information content (AvgIpc) is 3.10. The number of carbonyl (C=O) groups is 3. The number of aliphatic carboxylic acids is 1. The highest BCUT2D eigenvalue weighted by atomic mass is 19.4.